The fraction of sp³-hybridized carbons (Fsp3) is 0.500. The Morgan fingerprint density at radius 1 is 1.19 bits per heavy atom. The SMILES string of the molecule is COC(=O)CCCCCN[C@@H](Cc1ccccc1)C(N)=O. The predicted octanol–water partition coefficient (Wildman–Crippen LogP) is 1.41. The van der Waals surface area contributed by atoms with E-state index in [9.17, 15) is 9.59 Å². The number of unbranched alkanes of at least 4 members (excludes halogenated alkanes) is 2. The molecule has 116 valence electrons. The van der Waals surface area contributed by atoms with Crippen molar-refractivity contribution in [1.82, 2.24) is 5.32 Å². The van der Waals surface area contributed by atoms with Crippen LogP contribution in [0.3, 0.4) is 0 Å². The quantitative estimate of drug-likeness (QED) is 0.504. The maximum atomic E-state index is 11.5. The molecule has 0 radical (unpaired) electrons. The second kappa shape index (κ2) is 9.94. The fourth-order valence-electron chi connectivity index (χ4n) is 2.07. The zero-order chi connectivity index (χ0) is 15.5. The van der Waals surface area contributed by atoms with Gasteiger partial charge < -0.3 is 15.8 Å². The Labute approximate surface area is 125 Å². The molecule has 0 aliphatic rings. The second-order valence-corrected chi connectivity index (χ2v) is 4.99. The van der Waals surface area contributed by atoms with E-state index in [4.69, 9.17) is 5.73 Å². The smallest absolute Gasteiger partial charge is 0.305 e. The lowest BCUT2D eigenvalue weighted by atomic mass is 10.1. The Balaban J connectivity index is 2.23. The Morgan fingerprint density at radius 3 is 2.52 bits per heavy atom. The van der Waals surface area contributed by atoms with Gasteiger partial charge in [-0.05, 0) is 31.4 Å². The first kappa shape index (κ1) is 17.2. The monoisotopic (exact) mass is 292 g/mol. The van der Waals surface area contributed by atoms with E-state index in [-0.39, 0.29) is 17.9 Å². The third-order valence-electron chi connectivity index (χ3n) is 3.30. The fourth-order valence-corrected chi connectivity index (χ4v) is 2.07. The molecule has 1 amide bonds. The second-order valence-electron chi connectivity index (χ2n) is 4.99. The number of hydrogen-bond donors (Lipinski definition) is 2. The van der Waals surface area contributed by atoms with E-state index < -0.39 is 0 Å². The maximum absolute atomic E-state index is 11.5. The first-order valence-electron chi connectivity index (χ1n) is 7.27. The van der Waals surface area contributed by atoms with Crippen LogP contribution >= 0.6 is 0 Å². The van der Waals surface area contributed by atoms with Crippen molar-refractivity contribution in [3.63, 3.8) is 0 Å². The van der Waals surface area contributed by atoms with Gasteiger partial charge in [-0.25, -0.2) is 0 Å². The summed E-state index contributed by atoms with van der Waals surface area (Å²) in [5.74, 6) is -0.518. The third kappa shape index (κ3) is 7.46. The molecular formula is C16H24N2O3. The molecule has 1 aromatic rings. The van der Waals surface area contributed by atoms with Crippen molar-refractivity contribution in [1.29, 1.82) is 0 Å². The van der Waals surface area contributed by atoms with Gasteiger partial charge in [0.2, 0.25) is 5.91 Å². The molecule has 0 bridgehead atoms. The van der Waals surface area contributed by atoms with Gasteiger partial charge in [0.1, 0.15) is 0 Å². The summed E-state index contributed by atoms with van der Waals surface area (Å²) >= 11 is 0. The lowest BCUT2D eigenvalue weighted by molar-refractivity contribution is -0.140. The molecule has 1 atom stereocenters. The molecule has 1 rings (SSSR count). The number of primary amides is 1. The number of methoxy groups -OCH3 is 1. The van der Waals surface area contributed by atoms with Gasteiger partial charge >= 0.3 is 5.97 Å². The van der Waals surface area contributed by atoms with E-state index in [2.05, 4.69) is 10.1 Å². The van der Waals surface area contributed by atoms with Crippen molar-refractivity contribution in [2.75, 3.05) is 13.7 Å². The zero-order valence-electron chi connectivity index (χ0n) is 12.5. The van der Waals surface area contributed by atoms with Crippen LogP contribution in [0.4, 0.5) is 0 Å². The molecular weight excluding hydrogens is 268 g/mol. The highest BCUT2D eigenvalue weighted by molar-refractivity contribution is 5.80. The van der Waals surface area contributed by atoms with Crippen LogP contribution in [0.5, 0.6) is 0 Å². The highest BCUT2D eigenvalue weighted by Gasteiger charge is 2.14. The molecule has 0 aliphatic heterocycles. The van der Waals surface area contributed by atoms with Crippen LogP contribution in [0.2, 0.25) is 0 Å². The van der Waals surface area contributed by atoms with Crippen molar-refractivity contribution in [3.05, 3.63) is 35.9 Å². The van der Waals surface area contributed by atoms with Crippen molar-refractivity contribution in [3.8, 4) is 0 Å². The van der Waals surface area contributed by atoms with Crippen molar-refractivity contribution in [2.45, 2.75) is 38.1 Å². The maximum Gasteiger partial charge on any atom is 0.305 e. The van der Waals surface area contributed by atoms with Gasteiger partial charge in [0.15, 0.2) is 0 Å². The Kier molecular flexibility index (Phi) is 8.12. The first-order chi connectivity index (χ1) is 10.1. The van der Waals surface area contributed by atoms with Crippen LogP contribution in [0, 0.1) is 0 Å². The highest BCUT2D eigenvalue weighted by atomic mass is 16.5. The average molecular weight is 292 g/mol. The van der Waals surface area contributed by atoms with E-state index in [1.54, 1.807) is 0 Å². The van der Waals surface area contributed by atoms with Gasteiger partial charge in [0.25, 0.3) is 0 Å². The summed E-state index contributed by atoms with van der Waals surface area (Å²) in [6.07, 6.45) is 3.65. The van der Waals surface area contributed by atoms with Gasteiger partial charge in [-0.15, -0.1) is 0 Å². The Bertz CT molecular complexity index is 434. The Hall–Kier alpha value is -1.88. The molecule has 0 fully saturated rings. The summed E-state index contributed by atoms with van der Waals surface area (Å²) in [5, 5.41) is 3.18. The summed E-state index contributed by atoms with van der Waals surface area (Å²) in [7, 11) is 1.39. The van der Waals surface area contributed by atoms with Crippen LogP contribution in [-0.4, -0.2) is 31.6 Å². The number of ether oxygens (including phenoxy) is 1. The van der Waals surface area contributed by atoms with E-state index in [0.29, 0.717) is 19.4 Å². The molecule has 3 N–H and O–H groups in total. The molecule has 0 saturated carbocycles. The van der Waals surface area contributed by atoms with E-state index in [1.165, 1.54) is 7.11 Å². The molecule has 5 nitrogen and oxygen atoms in total. The minimum atomic E-state index is -0.354. The zero-order valence-corrected chi connectivity index (χ0v) is 12.5. The topological polar surface area (TPSA) is 81.4 Å². The summed E-state index contributed by atoms with van der Waals surface area (Å²) in [4.78, 5) is 22.4. The third-order valence-corrected chi connectivity index (χ3v) is 3.30. The molecule has 0 aliphatic carbocycles. The lowest BCUT2D eigenvalue weighted by Gasteiger charge is -2.15. The van der Waals surface area contributed by atoms with Gasteiger partial charge in [-0.3, -0.25) is 9.59 Å². The Morgan fingerprint density at radius 2 is 1.90 bits per heavy atom. The van der Waals surface area contributed by atoms with E-state index in [0.717, 1.165) is 24.8 Å². The summed E-state index contributed by atoms with van der Waals surface area (Å²) in [6.45, 7) is 0.710. The van der Waals surface area contributed by atoms with E-state index >= 15 is 0 Å². The largest absolute Gasteiger partial charge is 0.469 e. The molecule has 5 heteroatoms. The predicted molar refractivity (Wildman–Crippen MR) is 81.6 cm³/mol. The molecule has 0 heterocycles. The lowest BCUT2D eigenvalue weighted by Crippen LogP contribution is -2.43. The summed E-state index contributed by atoms with van der Waals surface area (Å²) < 4.78 is 4.58. The molecule has 21 heavy (non-hydrogen) atoms. The van der Waals surface area contributed by atoms with Gasteiger partial charge in [0.05, 0.1) is 13.2 Å². The number of amides is 1. The number of carbonyl (C=O) groups excluding carboxylic acids is 2. The number of esters is 1. The normalized spacial score (nSPS) is 11.9. The minimum absolute atomic E-state index is 0.179. The summed E-state index contributed by atoms with van der Waals surface area (Å²) in [6, 6.07) is 9.44. The number of nitrogens with one attached hydrogen (secondary N) is 1. The van der Waals surface area contributed by atoms with Crippen LogP contribution in [-0.2, 0) is 20.7 Å². The highest BCUT2D eigenvalue weighted by Crippen LogP contribution is 2.04. The van der Waals surface area contributed by atoms with Gasteiger partial charge in [0, 0.05) is 6.42 Å². The molecule has 0 unspecified atom stereocenters. The average Bonchev–Trinajstić information content (AvgIpc) is 2.49. The van der Waals surface area contributed by atoms with Crippen molar-refractivity contribution in [2.24, 2.45) is 5.73 Å². The number of nitrogens with two attached hydrogens (primary N) is 1. The van der Waals surface area contributed by atoms with Gasteiger partial charge in [-0.1, -0.05) is 36.8 Å². The van der Waals surface area contributed by atoms with Crippen LogP contribution < -0.4 is 11.1 Å². The van der Waals surface area contributed by atoms with Crippen molar-refractivity contribution >= 4 is 11.9 Å². The molecule has 0 saturated heterocycles. The summed E-state index contributed by atoms with van der Waals surface area (Å²) in [5.41, 5.74) is 6.50. The number of hydrogen-bond acceptors (Lipinski definition) is 4. The number of carbonyl (C=O) groups is 2. The first-order valence-corrected chi connectivity index (χ1v) is 7.27. The van der Waals surface area contributed by atoms with Crippen LogP contribution in [0.1, 0.15) is 31.2 Å². The van der Waals surface area contributed by atoms with Crippen molar-refractivity contribution < 1.29 is 14.3 Å². The standard InChI is InChI=1S/C16H24N2O3/c1-21-15(19)10-6-3-7-11-18-14(16(17)20)12-13-8-4-2-5-9-13/h2,4-5,8-9,14,18H,3,6-7,10-12H2,1H3,(H2,17,20)/t14-/m0/s1. The molecule has 1 aromatic carbocycles. The van der Waals surface area contributed by atoms with Crippen LogP contribution in [0.15, 0.2) is 30.3 Å². The number of benzene rings is 1. The number of rotatable bonds is 10. The molecule has 0 aromatic heterocycles. The minimum Gasteiger partial charge on any atom is -0.469 e. The molecule has 0 spiro atoms. The van der Waals surface area contributed by atoms with E-state index in [1.807, 2.05) is 30.3 Å². The van der Waals surface area contributed by atoms with Gasteiger partial charge in [-0.2, -0.15) is 0 Å². The van der Waals surface area contributed by atoms with Crippen LogP contribution in [0.25, 0.3) is 0 Å².